The van der Waals surface area contributed by atoms with E-state index in [-0.39, 0.29) is 5.56 Å². The highest BCUT2D eigenvalue weighted by atomic mass is 16.1. The van der Waals surface area contributed by atoms with Crippen molar-refractivity contribution in [3.05, 3.63) is 71.4 Å². The van der Waals surface area contributed by atoms with Crippen molar-refractivity contribution in [1.29, 1.82) is 0 Å². The number of nitrogens with one attached hydrogen (secondary N) is 2. The van der Waals surface area contributed by atoms with E-state index in [4.69, 9.17) is 9.97 Å². The number of hydrogen-bond acceptors (Lipinski definition) is 7. The van der Waals surface area contributed by atoms with Gasteiger partial charge in [-0.1, -0.05) is 6.92 Å². The predicted molar refractivity (Wildman–Crippen MR) is 130 cm³/mol. The average molecular weight is 442 g/mol. The molecule has 0 saturated carbocycles. The van der Waals surface area contributed by atoms with Crippen molar-refractivity contribution in [3.63, 3.8) is 0 Å². The Bertz CT molecular complexity index is 1280. The van der Waals surface area contributed by atoms with E-state index in [2.05, 4.69) is 38.2 Å². The van der Waals surface area contributed by atoms with E-state index in [1.165, 1.54) is 19.3 Å². The van der Waals surface area contributed by atoms with E-state index >= 15 is 0 Å². The quantitative estimate of drug-likeness (QED) is 0.464. The van der Waals surface area contributed by atoms with Gasteiger partial charge in [-0.25, -0.2) is 15.0 Å². The Morgan fingerprint density at radius 3 is 2.67 bits per heavy atom. The lowest BCUT2D eigenvalue weighted by Gasteiger charge is -2.31. The predicted octanol–water partition coefficient (Wildman–Crippen LogP) is 4.11. The first kappa shape index (κ1) is 21.2. The SMILES string of the molecule is CCCN1CCC(c2ccc(Nc3nc(-c4cncnc4)cc4cc[nH]c(=O)c34)cn2)CC1. The van der Waals surface area contributed by atoms with Gasteiger partial charge < -0.3 is 15.2 Å². The minimum absolute atomic E-state index is 0.193. The summed E-state index contributed by atoms with van der Waals surface area (Å²) in [4.78, 5) is 35.5. The van der Waals surface area contributed by atoms with E-state index in [1.54, 1.807) is 18.6 Å². The van der Waals surface area contributed by atoms with Gasteiger partial charge in [0.1, 0.15) is 12.1 Å². The van der Waals surface area contributed by atoms with Crippen LogP contribution in [0.3, 0.4) is 0 Å². The van der Waals surface area contributed by atoms with Crippen LogP contribution in [0.25, 0.3) is 22.0 Å². The first-order chi connectivity index (χ1) is 16.2. The summed E-state index contributed by atoms with van der Waals surface area (Å²) in [5, 5.41) is 4.60. The molecule has 4 aromatic heterocycles. The highest BCUT2D eigenvalue weighted by molar-refractivity contribution is 5.95. The maximum atomic E-state index is 12.6. The lowest BCUT2D eigenvalue weighted by Crippen LogP contribution is -2.33. The largest absolute Gasteiger partial charge is 0.338 e. The summed E-state index contributed by atoms with van der Waals surface area (Å²) < 4.78 is 0. The third-order valence-electron chi connectivity index (χ3n) is 6.21. The van der Waals surface area contributed by atoms with Crippen LogP contribution in [-0.2, 0) is 0 Å². The van der Waals surface area contributed by atoms with Crippen molar-refractivity contribution in [1.82, 2.24) is 29.8 Å². The Labute approximate surface area is 192 Å². The molecule has 0 aliphatic carbocycles. The summed E-state index contributed by atoms with van der Waals surface area (Å²) in [5.74, 6) is 0.978. The van der Waals surface area contributed by atoms with Gasteiger partial charge in [0.2, 0.25) is 0 Å². The number of aromatic amines is 1. The number of H-pyrrole nitrogens is 1. The van der Waals surface area contributed by atoms with Crippen LogP contribution in [0.4, 0.5) is 11.5 Å². The summed E-state index contributed by atoms with van der Waals surface area (Å²) in [6.07, 6.45) is 11.9. The fourth-order valence-corrected chi connectivity index (χ4v) is 4.51. The van der Waals surface area contributed by atoms with Gasteiger partial charge in [0.05, 0.1) is 23.0 Å². The molecule has 0 amide bonds. The van der Waals surface area contributed by atoms with Crippen molar-refractivity contribution in [2.24, 2.45) is 0 Å². The van der Waals surface area contributed by atoms with Crippen LogP contribution in [0.15, 0.2) is 60.2 Å². The first-order valence-corrected chi connectivity index (χ1v) is 11.4. The fourth-order valence-electron chi connectivity index (χ4n) is 4.51. The second-order valence-corrected chi connectivity index (χ2v) is 8.47. The molecule has 168 valence electrons. The normalized spacial score (nSPS) is 15.1. The van der Waals surface area contributed by atoms with Crippen LogP contribution in [0.2, 0.25) is 0 Å². The van der Waals surface area contributed by atoms with Crippen LogP contribution in [0.1, 0.15) is 37.8 Å². The van der Waals surface area contributed by atoms with Gasteiger partial charge in [0, 0.05) is 35.8 Å². The minimum Gasteiger partial charge on any atom is -0.338 e. The van der Waals surface area contributed by atoms with Crippen molar-refractivity contribution < 1.29 is 0 Å². The third-order valence-corrected chi connectivity index (χ3v) is 6.21. The van der Waals surface area contributed by atoms with Crippen molar-refractivity contribution in [2.45, 2.75) is 32.1 Å². The Balaban J connectivity index is 1.41. The lowest BCUT2D eigenvalue weighted by molar-refractivity contribution is 0.211. The zero-order chi connectivity index (χ0) is 22.6. The number of anilines is 2. The van der Waals surface area contributed by atoms with E-state index in [0.29, 0.717) is 22.8 Å². The van der Waals surface area contributed by atoms with Crippen LogP contribution >= 0.6 is 0 Å². The number of rotatable bonds is 6. The molecular formula is C25H27N7O. The zero-order valence-electron chi connectivity index (χ0n) is 18.7. The molecule has 1 aliphatic rings. The van der Waals surface area contributed by atoms with Gasteiger partial charge in [-0.05, 0) is 68.5 Å². The summed E-state index contributed by atoms with van der Waals surface area (Å²) in [5.41, 5.74) is 3.20. The highest BCUT2D eigenvalue weighted by Gasteiger charge is 2.21. The number of likely N-dealkylation sites (tertiary alicyclic amines) is 1. The van der Waals surface area contributed by atoms with Gasteiger partial charge in [-0.3, -0.25) is 9.78 Å². The average Bonchev–Trinajstić information content (AvgIpc) is 2.86. The molecule has 8 heteroatoms. The van der Waals surface area contributed by atoms with Gasteiger partial charge >= 0.3 is 0 Å². The van der Waals surface area contributed by atoms with Crippen molar-refractivity contribution in [2.75, 3.05) is 25.0 Å². The van der Waals surface area contributed by atoms with Gasteiger partial charge in [0.25, 0.3) is 5.56 Å². The second-order valence-electron chi connectivity index (χ2n) is 8.47. The molecule has 5 heterocycles. The molecule has 0 atom stereocenters. The van der Waals surface area contributed by atoms with Crippen LogP contribution in [-0.4, -0.2) is 49.5 Å². The molecule has 0 radical (unpaired) electrons. The molecule has 0 aromatic carbocycles. The molecule has 0 spiro atoms. The Kier molecular flexibility index (Phi) is 6.08. The van der Waals surface area contributed by atoms with Gasteiger partial charge in [-0.2, -0.15) is 0 Å². The monoisotopic (exact) mass is 441 g/mol. The van der Waals surface area contributed by atoms with Crippen molar-refractivity contribution >= 4 is 22.3 Å². The number of nitrogens with zero attached hydrogens (tertiary/aromatic N) is 5. The van der Waals surface area contributed by atoms with Crippen LogP contribution < -0.4 is 10.9 Å². The third kappa shape index (κ3) is 4.61. The molecule has 2 N–H and O–H groups in total. The fraction of sp³-hybridized carbons (Fsp3) is 0.320. The summed E-state index contributed by atoms with van der Waals surface area (Å²) >= 11 is 0. The molecule has 1 aliphatic heterocycles. The Morgan fingerprint density at radius 1 is 1.12 bits per heavy atom. The second kappa shape index (κ2) is 9.46. The summed E-state index contributed by atoms with van der Waals surface area (Å²) in [7, 11) is 0. The Hall–Kier alpha value is -3.65. The van der Waals surface area contributed by atoms with E-state index in [9.17, 15) is 4.79 Å². The molecule has 8 nitrogen and oxygen atoms in total. The topological polar surface area (TPSA) is 99.7 Å². The number of piperidine rings is 1. The van der Waals surface area contributed by atoms with Crippen LogP contribution in [0.5, 0.6) is 0 Å². The minimum atomic E-state index is -0.193. The summed E-state index contributed by atoms with van der Waals surface area (Å²) in [6, 6.07) is 7.84. The lowest BCUT2D eigenvalue weighted by atomic mass is 9.93. The highest BCUT2D eigenvalue weighted by Crippen LogP contribution is 2.29. The van der Waals surface area contributed by atoms with Crippen molar-refractivity contribution in [3.8, 4) is 11.3 Å². The van der Waals surface area contributed by atoms with E-state index in [1.807, 2.05) is 24.4 Å². The molecule has 4 aromatic rings. The molecule has 5 rings (SSSR count). The van der Waals surface area contributed by atoms with Gasteiger partial charge in [-0.15, -0.1) is 0 Å². The van der Waals surface area contributed by atoms with Crippen LogP contribution in [0, 0.1) is 0 Å². The number of hydrogen-bond donors (Lipinski definition) is 2. The number of pyridine rings is 3. The maximum absolute atomic E-state index is 12.6. The molecule has 0 unspecified atom stereocenters. The maximum Gasteiger partial charge on any atom is 0.259 e. The molecule has 1 fully saturated rings. The summed E-state index contributed by atoms with van der Waals surface area (Å²) in [6.45, 7) is 5.68. The molecule has 0 bridgehead atoms. The molecule has 1 saturated heterocycles. The zero-order valence-corrected chi connectivity index (χ0v) is 18.7. The number of aromatic nitrogens is 5. The molecular weight excluding hydrogens is 414 g/mol. The standard InChI is InChI=1S/C25H27N7O/c1-2-9-32-10-6-17(7-11-32)21-4-3-20(15-29-21)30-24-23-18(5-8-28-25(23)33)12-22(31-24)19-13-26-16-27-14-19/h3-5,8,12-17H,2,6-7,9-11H2,1H3,(H,28,33)(H,30,31). The van der Waals surface area contributed by atoms with E-state index in [0.717, 1.165) is 48.3 Å². The molecule has 33 heavy (non-hydrogen) atoms. The first-order valence-electron chi connectivity index (χ1n) is 11.4. The Morgan fingerprint density at radius 2 is 1.94 bits per heavy atom. The number of fused-ring (bicyclic) bond motifs is 1. The smallest absolute Gasteiger partial charge is 0.259 e. The van der Waals surface area contributed by atoms with E-state index < -0.39 is 0 Å². The van der Waals surface area contributed by atoms with Gasteiger partial charge in [0.15, 0.2) is 0 Å².